The number of thiophene rings is 1. The molecule has 0 fully saturated rings. The van der Waals surface area contributed by atoms with Crippen molar-refractivity contribution in [1.29, 1.82) is 0 Å². The van der Waals surface area contributed by atoms with Gasteiger partial charge in [-0.15, -0.1) is 5.10 Å². The van der Waals surface area contributed by atoms with Crippen LogP contribution in [0.15, 0.2) is 21.3 Å². The molecule has 0 atom stereocenters. The number of carbonyl (C=O) groups is 1. The molecule has 1 N–H and O–H groups in total. The van der Waals surface area contributed by atoms with E-state index < -0.39 is 5.97 Å². The summed E-state index contributed by atoms with van der Waals surface area (Å²) in [5.74, 6) is -0.235. The Morgan fingerprint density at radius 3 is 3.05 bits per heavy atom. The molecule has 21 heavy (non-hydrogen) atoms. The Morgan fingerprint density at radius 2 is 2.38 bits per heavy atom. The van der Waals surface area contributed by atoms with Crippen molar-refractivity contribution in [2.75, 3.05) is 0 Å². The van der Waals surface area contributed by atoms with E-state index in [0.29, 0.717) is 23.8 Å². The minimum absolute atomic E-state index is 0.0425. The van der Waals surface area contributed by atoms with Gasteiger partial charge in [0.1, 0.15) is 6.54 Å². The second-order valence-corrected chi connectivity index (χ2v) is 5.01. The number of carboxylic acids is 1. The highest BCUT2D eigenvalue weighted by atomic mass is 32.1. The summed E-state index contributed by atoms with van der Waals surface area (Å²) < 4.78 is 6.65. The lowest BCUT2D eigenvalue weighted by Gasteiger charge is -2.00. The highest BCUT2D eigenvalue weighted by Crippen LogP contribution is 2.20. The van der Waals surface area contributed by atoms with Crippen molar-refractivity contribution < 1.29 is 14.4 Å². The van der Waals surface area contributed by atoms with Gasteiger partial charge in [-0.1, -0.05) is 17.3 Å². The third-order valence-corrected chi connectivity index (χ3v) is 3.59. The summed E-state index contributed by atoms with van der Waals surface area (Å²) in [4.78, 5) is 15.3. The molecule has 0 amide bonds. The van der Waals surface area contributed by atoms with Gasteiger partial charge in [-0.2, -0.15) is 16.3 Å². The van der Waals surface area contributed by atoms with E-state index in [-0.39, 0.29) is 12.2 Å². The lowest BCUT2D eigenvalue weighted by atomic mass is 10.2. The smallest absolute Gasteiger partial charge is 0.358 e. The Bertz CT molecular complexity index is 762. The third kappa shape index (κ3) is 2.55. The van der Waals surface area contributed by atoms with E-state index in [2.05, 4.69) is 20.5 Å². The summed E-state index contributed by atoms with van der Waals surface area (Å²) in [6.45, 7) is 2.06. The normalized spacial score (nSPS) is 10.9. The molecule has 9 heteroatoms. The molecule has 0 radical (unpaired) electrons. The van der Waals surface area contributed by atoms with Crippen LogP contribution in [-0.4, -0.2) is 36.2 Å². The van der Waals surface area contributed by atoms with Crippen molar-refractivity contribution in [1.82, 2.24) is 25.1 Å². The Morgan fingerprint density at radius 1 is 1.52 bits per heavy atom. The van der Waals surface area contributed by atoms with Crippen LogP contribution < -0.4 is 0 Å². The maximum Gasteiger partial charge on any atom is 0.358 e. The van der Waals surface area contributed by atoms with E-state index in [9.17, 15) is 4.79 Å². The first kappa shape index (κ1) is 13.4. The number of aromatic nitrogens is 5. The largest absolute Gasteiger partial charge is 0.476 e. The average molecular weight is 305 g/mol. The lowest BCUT2D eigenvalue weighted by molar-refractivity contribution is 0.0689. The highest BCUT2D eigenvalue weighted by molar-refractivity contribution is 7.08. The first-order valence-electron chi connectivity index (χ1n) is 6.19. The summed E-state index contributed by atoms with van der Waals surface area (Å²) in [5.41, 5.74) is 1.35. The summed E-state index contributed by atoms with van der Waals surface area (Å²) >= 11 is 1.54. The first-order valence-corrected chi connectivity index (χ1v) is 7.14. The molecule has 0 aromatic carbocycles. The van der Waals surface area contributed by atoms with Gasteiger partial charge in [-0.25, -0.2) is 9.48 Å². The minimum Gasteiger partial charge on any atom is -0.476 e. The number of hydrogen-bond donors (Lipinski definition) is 1. The van der Waals surface area contributed by atoms with Gasteiger partial charge in [0, 0.05) is 5.38 Å². The Hall–Kier alpha value is -2.55. The predicted octanol–water partition coefficient (Wildman–Crippen LogP) is 1.70. The van der Waals surface area contributed by atoms with Crippen LogP contribution in [0.3, 0.4) is 0 Å². The zero-order chi connectivity index (χ0) is 14.8. The maximum atomic E-state index is 11.0. The SMILES string of the molecule is CCc1c(C(=O)O)nnn1Cc1noc(-c2ccsc2)n1. The van der Waals surface area contributed by atoms with Gasteiger partial charge in [0.15, 0.2) is 11.5 Å². The second-order valence-electron chi connectivity index (χ2n) is 4.23. The van der Waals surface area contributed by atoms with Crippen molar-refractivity contribution in [3.63, 3.8) is 0 Å². The zero-order valence-electron chi connectivity index (χ0n) is 11.1. The fraction of sp³-hybridized carbons (Fsp3) is 0.250. The molecule has 0 saturated carbocycles. The summed E-state index contributed by atoms with van der Waals surface area (Å²) in [5, 5.41) is 24.3. The van der Waals surface area contributed by atoms with Crippen LogP contribution in [0, 0.1) is 0 Å². The molecule has 0 saturated heterocycles. The van der Waals surface area contributed by atoms with Gasteiger partial charge in [-0.05, 0) is 17.9 Å². The molecule has 0 spiro atoms. The Balaban J connectivity index is 1.86. The summed E-state index contributed by atoms with van der Waals surface area (Å²) in [6.07, 6.45) is 0.504. The van der Waals surface area contributed by atoms with Gasteiger partial charge < -0.3 is 9.63 Å². The van der Waals surface area contributed by atoms with Crippen molar-refractivity contribution in [3.8, 4) is 11.5 Å². The molecule has 3 rings (SSSR count). The second kappa shape index (κ2) is 5.44. The van der Waals surface area contributed by atoms with Gasteiger partial charge in [0.05, 0.1) is 11.3 Å². The van der Waals surface area contributed by atoms with Crippen LogP contribution in [0.25, 0.3) is 11.5 Å². The van der Waals surface area contributed by atoms with E-state index in [1.165, 1.54) is 16.0 Å². The molecule has 3 aromatic heterocycles. The lowest BCUT2D eigenvalue weighted by Crippen LogP contribution is -2.09. The monoisotopic (exact) mass is 305 g/mol. The molecule has 0 aliphatic heterocycles. The molecule has 8 nitrogen and oxygen atoms in total. The van der Waals surface area contributed by atoms with E-state index in [4.69, 9.17) is 9.63 Å². The zero-order valence-corrected chi connectivity index (χ0v) is 11.9. The van der Waals surface area contributed by atoms with Crippen LogP contribution in [0.2, 0.25) is 0 Å². The van der Waals surface area contributed by atoms with Crippen LogP contribution >= 0.6 is 11.3 Å². The number of aromatic carboxylic acids is 1. The van der Waals surface area contributed by atoms with Crippen molar-refractivity contribution in [2.45, 2.75) is 19.9 Å². The van der Waals surface area contributed by atoms with Gasteiger partial charge in [0.25, 0.3) is 5.89 Å². The van der Waals surface area contributed by atoms with Crippen molar-refractivity contribution >= 4 is 17.3 Å². The Labute approximate surface area is 123 Å². The number of carboxylic acid groups (broad SMARTS) is 1. The topological polar surface area (TPSA) is 107 Å². The van der Waals surface area contributed by atoms with E-state index in [1.807, 2.05) is 23.8 Å². The average Bonchev–Trinajstić information content (AvgIpc) is 3.18. The first-order chi connectivity index (χ1) is 10.2. The van der Waals surface area contributed by atoms with Gasteiger partial charge in [-0.3, -0.25) is 0 Å². The third-order valence-electron chi connectivity index (χ3n) is 2.90. The molecule has 0 bridgehead atoms. The quantitative estimate of drug-likeness (QED) is 0.764. The Kier molecular flexibility index (Phi) is 3.48. The van der Waals surface area contributed by atoms with Crippen LogP contribution in [-0.2, 0) is 13.0 Å². The molecule has 3 aromatic rings. The van der Waals surface area contributed by atoms with Gasteiger partial charge in [0.2, 0.25) is 0 Å². The molecular weight excluding hydrogens is 294 g/mol. The number of nitrogens with zero attached hydrogens (tertiary/aromatic N) is 5. The maximum absolute atomic E-state index is 11.0. The van der Waals surface area contributed by atoms with E-state index in [0.717, 1.165) is 5.56 Å². The molecule has 0 aliphatic rings. The van der Waals surface area contributed by atoms with Crippen molar-refractivity contribution in [3.05, 3.63) is 34.0 Å². The molecular formula is C12H11N5O3S. The summed E-state index contributed by atoms with van der Waals surface area (Å²) in [6, 6.07) is 1.89. The van der Waals surface area contributed by atoms with E-state index in [1.54, 1.807) is 0 Å². The van der Waals surface area contributed by atoms with E-state index >= 15 is 0 Å². The standard InChI is InChI=1S/C12H11N5O3S/c1-2-8-10(12(18)19)14-16-17(8)5-9-13-11(20-15-9)7-3-4-21-6-7/h3-4,6H,2,5H2,1H3,(H,18,19). The number of rotatable bonds is 5. The minimum atomic E-state index is -1.09. The molecule has 0 aliphatic carbocycles. The fourth-order valence-corrected chi connectivity index (χ4v) is 2.56. The van der Waals surface area contributed by atoms with Crippen LogP contribution in [0.4, 0.5) is 0 Å². The van der Waals surface area contributed by atoms with Crippen molar-refractivity contribution in [2.24, 2.45) is 0 Å². The van der Waals surface area contributed by atoms with Crippen LogP contribution in [0.1, 0.15) is 28.9 Å². The highest BCUT2D eigenvalue weighted by Gasteiger charge is 2.19. The summed E-state index contributed by atoms with van der Waals surface area (Å²) in [7, 11) is 0. The molecule has 108 valence electrons. The molecule has 0 unspecified atom stereocenters. The predicted molar refractivity (Wildman–Crippen MR) is 73.1 cm³/mol. The van der Waals surface area contributed by atoms with Crippen LogP contribution in [0.5, 0.6) is 0 Å². The fourth-order valence-electron chi connectivity index (χ4n) is 1.93. The van der Waals surface area contributed by atoms with Gasteiger partial charge >= 0.3 is 5.97 Å². The number of hydrogen-bond acceptors (Lipinski definition) is 7. The molecule has 3 heterocycles.